The number of aliphatic hydroxyl groups excluding tert-OH is 1. The summed E-state index contributed by atoms with van der Waals surface area (Å²) < 4.78 is 27.0. The lowest BCUT2D eigenvalue weighted by Crippen LogP contribution is -2.26. The monoisotopic (exact) mass is 303 g/mol. The number of nitrogens with one attached hydrogen (secondary N) is 1. The van der Waals surface area contributed by atoms with Gasteiger partial charge >= 0.3 is 0 Å². The highest BCUT2D eigenvalue weighted by Gasteiger charge is 2.18. The minimum absolute atomic E-state index is 0.117. The van der Waals surface area contributed by atoms with E-state index in [0.717, 1.165) is 17.8 Å². The van der Waals surface area contributed by atoms with Crippen LogP contribution >= 0.6 is 11.3 Å². The van der Waals surface area contributed by atoms with E-state index in [2.05, 4.69) is 4.72 Å². The Morgan fingerprint density at radius 1 is 1.32 bits per heavy atom. The molecule has 1 fully saturated rings. The van der Waals surface area contributed by atoms with Crippen molar-refractivity contribution in [2.45, 2.75) is 49.3 Å². The molecular formula is C13H21NO3S2. The molecular weight excluding hydrogens is 282 g/mol. The van der Waals surface area contributed by atoms with Gasteiger partial charge in [-0.2, -0.15) is 0 Å². The summed E-state index contributed by atoms with van der Waals surface area (Å²) in [5.74, 6) is 0.674. The fourth-order valence-corrected chi connectivity index (χ4v) is 4.81. The number of thiophene rings is 1. The molecule has 0 amide bonds. The first-order chi connectivity index (χ1) is 9.12. The molecule has 2 rings (SSSR count). The summed E-state index contributed by atoms with van der Waals surface area (Å²) in [5, 5.41) is 10.6. The van der Waals surface area contributed by atoms with E-state index in [9.17, 15) is 8.42 Å². The van der Waals surface area contributed by atoms with Crippen molar-refractivity contribution in [3.63, 3.8) is 0 Å². The van der Waals surface area contributed by atoms with E-state index >= 15 is 0 Å². The first-order valence-corrected chi connectivity index (χ1v) is 9.16. The Bertz CT molecular complexity index is 490. The largest absolute Gasteiger partial charge is 0.392 e. The molecule has 1 heterocycles. The van der Waals surface area contributed by atoms with Crippen molar-refractivity contribution in [2.24, 2.45) is 5.92 Å². The lowest BCUT2D eigenvalue weighted by molar-refractivity contribution is 0.282. The Kier molecular flexibility index (Phi) is 5.38. The van der Waals surface area contributed by atoms with Crippen molar-refractivity contribution in [1.82, 2.24) is 4.72 Å². The van der Waals surface area contributed by atoms with E-state index in [1.54, 1.807) is 5.38 Å². The third-order valence-electron chi connectivity index (χ3n) is 3.65. The van der Waals surface area contributed by atoms with Gasteiger partial charge < -0.3 is 5.11 Å². The maximum Gasteiger partial charge on any atom is 0.250 e. The van der Waals surface area contributed by atoms with E-state index in [-0.39, 0.29) is 6.61 Å². The zero-order valence-electron chi connectivity index (χ0n) is 11.0. The van der Waals surface area contributed by atoms with Crippen LogP contribution in [0.1, 0.15) is 44.1 Å². The molecule has 1 aliphatic rings. The van der Waals surface area contributed by atoms with Crippen LogP contribution in [-0.2, 0) is 16.6 Å². The quantitative estimate of drug-likeness (QED) is 0.848. The van der Waals surface area contributed by atoms with Gasteiger partial charge in [0.25, 0.3) is 0 Å². The van der Waals surface area contributed by atoms with Crippen LogP contribution in [-0.4, -0.2) is 20.1 Å². The Morgan fingerprint density at radius 2 is 2.05 bits per heavy atom. The van der Waals surface area contributed by atoms with Crippen molar-refractivity contribution >= 4 is 21.4 Å². The maximum atomic E-state index is 12.0. The zero-order valence-corrected chi connectivity index (χ0v) is 12.6. The molecule has 108 valence electrons. The van der Waals surface area contributed by atoms with Gasteiger partial charge in [-0.3, -0.25) is 0 Å². The van der Waals surface area contributed by atoms with Gasteiger partial charge in [0.2, 0.25) is 10.0 Å². The third kappa shape index (κ3) is 4.27. The first-order valence-electron chi connectivity index (χ1n) is 6.80. The van der Waals surface area contributed by atoms with E-state index in [0.29, 0.717) is 22.2 Å². The molecule has 0 unspecified atom stereocenters. The van der Waals surface area contributed by atoms with Gasteiger partial charge in [0, 0.05) is 6.54 Å². The molecule has 4 nitrogen and oxygen atoms in total. The second-order valence-corrected chi connectivity index (χ2v) is 8.03. The van der Waals surface area contributed by atoms with E-state index in [4.69, 9.17) is 5.11 Å². The number of sulfonamides is 1. The molecule has 1 aromatic rings. The summed E-state index contributed by atoms with van der Waals surface area (Å²) in [5.41, 5.74) is 0.651. The van der Waals surface area contributed by atoms with Crippen LogP contribution in [0.2, 0.25) is 0 Å². The van der Waals surface area contributed by atoms with Gasteiger partial charge in [0.1, 0.15) is 4.21 Å². The van der Waals surface area contributed by atoms with Crippen molar-refractivity contribution in [2.75, 3.05) is 6.54 Å². The maximum absolute atomic E-state index is 12.0. The summed E-state index contributed by atoms with van der Waals surface area (Å²) in [7, 11) is -3.39. The van der Waals surface area contributed by atoms with Gasteiger partial charge in [-0.1, -0.05) is 32.1 Å². The van der Waals surface area contributed by atoms with E-state index in [1.807, 2.05) is 0 Å². The number of hydrogen-bond donors (Lipinski definition) is 2. The number of rotatable bonds is 6. The molecule has 1 aromatic heterocycles. The molecule has 1 aliphatic carbocycles. The average molecular weight is 303 g/mol. The van der Waals surface area contributed by atoms with Crippen LogP contribution in [0, 0.1) is 5.92 Å². The summed E-state index contributed by atoms with van der Waals surface area (Å²) in [4.78, 5) is 0. The molecule has 0 saturated heterocycles. The average Bonchev–Trinajstić information content (AvgIpc) is 2.89. The van der Waals surface area contributed by atoms with Gasteiger partial charge in [-0.05, 0) is 29.3 Å². The van der Waals surface area contributed by atoms with E-state index < -0.39 is 10.0 Å². The smallest absolute Gasteiger partial charge is 0.250 e. The summed E-state index contributed by atoms with van der Waals surface area (Å²) in [6.07, 6.45) is 7.27. The summed E-state index contributed by atoms with van der Waals surface area (Å²) in [6, 6.07) is 1.54. The molecule has 1 saturated carbocycles. The van der Waals surface area contributed by atoms with Crippen LogP contribution in [0.15, 0.2) is 15.7 Å². The Morgan fingerprint density at radius 3 is 2.68 bits per heavy atom. The van der Waals surface area contributed by atoms with Crippen LogP contribution < -0.4 is 4.72 Å². The highest BCUT2D eigenvalue weighted by atomic mass is 32.2. The topological polar surface area (TPSA) is 66.4 Å². The van der Waals surface area contributed by atoms with Gasteiger partial charge in [0.15, 0.2) is 0 Å². The normalized spacial score (nSPS) is 17.7. The highest BCUT2D eigenvalue weighted by molar-refractivity contribution is 7.91. The second-order valence-electron chi connectivity index (χ2n) is 5.12. The van der Waals surface area contributed by atoms with Gasteiger partial charge in [-0.15, -0.1) is 11.3 Å². The van der Waals surface area contributed by atoms with Crippen molar-refractivity contribution in [3.05, 3.63) is 17.0 Å². The second kappa shape index (κ2) is 6.83. The van der Waals surface area contributed by atoms with Crippen LogP contribution in [0.5, 0.6) is 0 Å². The molecule has 0 spiro atoms. The lowest BCUT2D eigenvalue weighted by Gasteiger charge is -2.21. The molecule has 19 heavy (non-hydrogen) atoms. The van der Waals surface area contributed by atoms with Crippen molar-refractivity contribution in [3.8, 4) is 0 Å². The fourth-order valence-electron chi connectivity index (χ4n) is 2.52. The van der Waals surface area contributed by atoms with Gasteiger partial charge in [0.05, 0.1) is 6.61 Å². The van der Waals surface area contributed by atoms with Crippen LogP contribution in [0.4, 0.5) is 0 Å². The van der Waals surface area contributed by atoms with Crippen molar-refractivity contribution < 1.29 is 13.5 Å². The first kappa shape index (κ1) is 15.0. The molecule has 0 aliphatic heterocycles. The summed E-state index contributed by atoms with van der Waals surface area (Å²) in [6.45, 7) is 0.396. The predicted molar refractivity (Wildman–Crippen MR) is 76.6 cm³/mol. The van der Waals surface area contributed by atoms with Crippen molar-refractivity contribution in [1.29, 1.82) is 0 Å². The standard InChI is InChI=1S/C13H21NO3S2/c15-9-12-8-13(18-10-12)19(16,17)14-7-6-11-4-2-1-3-5-11/h8,10-11,14-15H,1-7,9H2. The Balaban J connectivity index is 1.83. The zero-order chi connectivity index (χ0) is 13.7. The predicted octanol–water partition coefficient (Wildman–Crippen LogP) is 2.49. The summed E-state index contributed by atoms with van der Waals surface area (Å²) >= 11 is 1.16. The number of hydrogen-bond acceptors (Lipinski definition) is 4. The molecule has 0 bridgehead atoms. The Hall–Kier alpha value is -0.430. The van der Waals surface area contributed by atoms with Crippen LogP contribution in [0.25, 0.3) is 0 Å². The minimum atomic E-state index is -3.39. The molecule has 2 N–H and O–H groups in total. The fraction of sp³-hybridized carbons (Fsp3) is 0.692. The third-order valence-corrected chi connectivity index (χ3v) is 6.60. The molecule has 0 radical (unpaired) electrons. The highest BCUT2D eigenvalue weighted by Crippen LogP contribution is 2.26. The SMILES string of the molecule is O=S(=O)(NCCC1CCCCC1)c1cc(CO)cs1. The van der Waals surface area contributed by atoms with Gasteiger partial charge in [-0.25, -0.2) is 13.1 Å². The molecule has 6 heteroatoms. The molecule has 0 atom stereocenters. The molecule has 0 aromatic carbocycles. The van der Waals surface area contributed by atoms with E-state index in [1.165, 1.54) is 38.2 Å². The minimum Gasteiger partial charge on any atom is -0.392 e. The lowest BCUT2D eigenvalue weighted by atomic mass is 9.87. The van der Waals surface area contributed by atoms with Crippen LogP contribution in [0.3, 0.4) is 0 Å². The number of aliphatic hydroxyl groups is 1. The Labute approximate surface area is 118 Å².